The summed E-state index contributed by atoms with van der Waals surface area (Å²) in [5.41, 5.74) is 0.459. The first-order valence-electron chi connectivity index (χ1n) is 6.87. The van der Waals surface area contributed by atoms with Gasteiger partial charge in [-0.15, -0.1) is 0 Å². The minimum absolute atomic E-state index is 0.108. The monoisotopic (exact) mass is 220 g/mol. The molecule has 0 unspecified atom stereocenters. The van der Waals surface area contributed by atoms with Gasteiger partial charge in [-0.1, -0.05) is 33.1 Å². The van der Waals surface area contributed by atoms with Crippen molar-refractivity contribution in [2.75, 3.05) is 0 Å². The highest BCUT2D eigenvalue weighted by Crippen LogP contribution is 2.68. The van der Waals surface area contributed by atoms with Crippen molar-refractivity contribution in [3.05, 3.63) is 0 Å². The Balaban J connectivity index is 2.10. The zero-order valence-corrected chi connectivity index (χ0v) is 11.1. The van der Waals surface area contributed by atoms with Crippen LogP contribution in [0.15, 0.2) is 10.2 Å². The summed E-state index contributed by atoms with van der Waals surface area (Å²) in [5, 5.41) is 9.42. The molecule has 90 valence electrons. The fourth-order valence-electron chi connectivity index (χ4n) is 4.70. The van der Waals surface area contributed by atoms with E-state index < -0.39 is 0 Å². The van der Waals surface area contributed by atoms with Gasteiger partial charge in [-0.05, 0) is 38.5 Å². The third-order valence-corrected chi connectivity index (χ3v) is 6.46. The molecule has 0 amide bonds. The second-order valence-corrected chi connectivity index (χ2v) is 6.97. The standard InChI is InChI=1S/C14H24N2/c1-12(2)13(3)10-8-6-5-7-9-11(10)14(12,4)16-15-13/h10-11H,5-9H2,1-4H3/t10-,11+,13-,14+. The van der Waals surface area contributed by atoms with E-state index >= 15 is 0 Å². The second-order valence-electron chi connectivity index (χ2n) is 6.97. The molecule has 0 radical (unpaired) electrons. The first-order valence-corrected chi connectivity index (χ1v) is 6.87. The van der Waals surface area contributed by atoms with Crippen LogP contribution in [0.1, 0.15) is 59.8 Å². The fraction of sp³-hybridized carbons (Fsp3) is 1.00. The van der Waals surface area contributed by atoms with Crippen molar-refractivity contribution in [3.63, 3.8) is 0 Å². The summed E-state index contributed by atoms with van der Waals surface area (Å²) in [6.07, 6.45) is 6.97. The molecule has 3 rings (SSSR count). The Morgan fingerprint density at radius 1 is 0.750 bits per heavy atom. The zero-order chi connectivity index (χ0) is 11.6. The summed E-state index contributed by atoms with van der Waals surface area (Å²) >= 11 is 0. The molecule has 0 N–H and O–H groups in total. The Hall–Kier alpha value is -0.400. The van der Waals surface area contributed by atoms with Crippen LogP contribution in [0.4, 0.5) is 0 Å². The van der Waals surface area contributed by atoms with E-state index in [9.17, 15) is 0 Å². The van der Waals surface area contributed by atoms with Crippen molar-refractivity contribution in [3.8, 4) is 0 Å². The molecule has 2 heteroatoms. The molecule has 1 aliphatic heterocycles. The average Bonchev–Trinajstić information content (AvgIpc) is 2.53. The van der Waals surface area contributed by atoms with Crippen molar-refractivity contribution in [1.82, 2.24) is 0 Å². The van der Waals surface area contributed by atoms with Gasteiger partial charge in [-0.2, -0.15) is 10.2 Å². The smallest absolute Gasteiger partial charge is 0.0894 e. The Kier molecular flexibility index (Phi) is 1.93. The molecule has 2 fully saturated rings. The van der Waals surface area contributed by atoms with E-state index in [4.69, 9.17) is 10.2 Å². The maximum atomic E-state index is 4.71. The molecule has 3 aliphatic rings. The fourth-order valence-corrected chi connectivity index (χ4v) is 4.70. The first-order chi connectivity index (χ1) is 7.43. The van der Waals surface area contributed by atoms with Gasteiger partial charge in [-0.25, -0.2) is 0 Å². The Morgan fingerprint density at radius 3 is 1.62 bits per heavy atom. The molecular formula is C14H24N2. The van der Waals surface area contributed by atoms with Gasteiger partial charge in [-0.3, -0.25) is 0 Å². The summed E-state index contributed by atoms with van der Waals surface area (Å²) in [4.78, 5) is 0. The molecule has 0 aromatic rings. The number of fused-ring (bicyclic) bond motifs is 5. The lowest BCUT2D eigenvalue weighted by molar-refractivity contribution is 0.170. The maximum absolute atomic E-state index is 4.71. The lowest BCUT2D eigenvalue weighted by Gasteiger charge is -2.37. The van der Waals surface area contributed by atoms with Gasteiger partial charge in [0.25, 0.3) is 0 Å². The summed E-state index contributed by atoms with van der Waals surface area (Å²) < 4.78 is 0. The van der Waals surface area contributed by atoms with Gasteiger partial charge in [0.1, 0.15) is 0 Å². The van der Waals surface area contributed by atoms with E-state index in [2.05, 4.69) is 27.7 Å². The number of azo groups is 1. The largest absolute Gasteiger partial charge is 0.186 e. The molecule has 1 heterocycles. The highest BCUT2D eigenvalue weighted by atomic mass is 15.3. The summed E-state index contributed by atoms with van der Waals surface area (Å²) in [5.74, 6) is 1.57. The molecule has 0 aromatic heterocycles. The molecular weight excluding hydrogens is 196 g/mol. The van der Waals surface area contributed by atoms with Crippen LogP contribution in [0.25, 0.3) is 0 Å². The van der Waals surface area contributed by atoms with Crippen molar-refractivity contribution in [2.45, 2.75) is 70.9 Å². The van der Waals surface area contributed by atoms with E-state index in [1.807, 2.05) is 0 Å². The molecule has 4 atom stereocenters. The van der Waals surface area contributed by atoms with E-state index in [1.165, 1.54) is 32.1 Å². The predicted molar refractivity (Wildman–Crippen MR) is 65.5 cm³/mol. The molecule has 2 saturated carbocycles. The van der Waals surface area contributed by atoms with E-state index in [-0.39, 0.29) is 16.5 Å². The topological polar surface area (TPSA) is 24.7 Å². The SMILES string of the molecule is CC1(C)[C@@]2(C)N=N[C@]1(C)[C@@H]1CCCCC[C@@H]12. The zero-order valence-electron chi connectivity index (χ0n) is 11.1. The molecule has 2 nitrogen and oxygen atoms in total. The van der Waals surface area contributed by atoms with Crippen molar-refractivity contribution in [1.29, 1.82) is 0 Å². The highest BCUT2D eigenvalue weighted by molar-refractivity contribution is 5.26. The van der Waals surface area contributed by atoms with Gasteiger partial charge in [0.15, 0.2) is 0 Å². The third-order valence-electron chi connectivity index (χ3n) is 6.46. The van der Waals surface area contributed by atoms with Gasteiger partial charge >= 0.3 is 0 Å². The van der Waals surface area contributed by atoms with E-state index in [1.54, 1.807) is 0 Å². The summed E-state index contributed by atoms with van der Waals surface area (Å²) in [6.45, 7) is 9.50. The maximum Gasteiger partial charge on any atom is 0.0894 e. The van der Waals surface area contributed by atoms with Crippen molar-refractivity contribution < 1.29 is 0 Å². The Morgan fingerprint density at radius 2 is 1.19 bits per heavy atom. The van der Waals surface area contributed by atoms with Crippen LogP contribution < -0.4 is 0 Å². The van der Waals surface area contributed by atoms with Crippen molar-refractivity contribution >= 4 is 0 Å². The molecule has 16 heavy (non-hydrogen) atoms. The molecule has 0 saturated heterocycles. The number of hydrogen-bond donors (Lipinski definition) is 0. The average molecular weight is 220 g/mol. The second kappa shape index (κ2) is 2.88. The summed E-state index contributed by atoms with van der Waals surface area (Å²) in [7, 11) is 0. The van der Waals surface area contributed by atoms with Gasteiger partial charge in [0.05, 0.1) is 11.1 Å². The van der Waals surface area contributed by atoms with E-state index in [0.717, 1.165) is 11.8 Å². The van der Waals surface area contributed by atoms with Gasteiger partial charge in [0.2, 0.25) is 0 Å². The van der Waals surface area contributed by atoms with E-state index in [0.29, 0.717) is 0 Å². The number of hydrogen-bond acceptors (Lipinski definition) is 2. The van der Waals surface area contributed by atoms with Crippen LogP contribution in [0.5, 0.6) is 0 Å². The van der Waals surface area contributed by atoms with Crippen LogP contribution >= 0.6 is 0 Å². The van der Waals surface area contributed by atoms with Crippen LogP contribution in [0, 0.1) is 17.3 Å². The quantitative estimate of drug-likeness (QED) is 0.584. The highest BCUT2D eigenvalue weighted by Gasteiger charge is 2.72. The lowest BCUT2D eigenvalue weighted by atomic mass is 9.67. The number of rotatable bonds is 0. The van der Waals surface area contributed by atoms with Crippen LogP contribution in [-0.4, -0.2) is 11.1 Å². The molecule has 0 aromatic carbocycles. The van der Waals surface area contributed by atoms with Gasteiger partial charge in [0, 0.05) is 5.41 Å². The summed E-state index contributed by atoms with van der Waals surface area (Å²) in [6, 6.07) is 0. The minimum Gasteiger partial charge on any atom is -0.186 e. The lowest BCUT2D eigenvalue weighted by Crippen LogP contribution is -2.44. The predicted octanol–water partition coefficient (Wildman–Crippen LogP) is 4.21. The van der Waals surface area contributed by atoms with Crippen LogP contribution in [-0.2, 0) is 0 Å². The Labute approximate surface area is 98.9 Å². The number of nitrogens with zero attached hydrogens (tertiary/aromatic N) is 2. The molecule has 2 bridgehead atoms. The minimum atomic E-state index is 0.108. The van der Waals surface area contributed by atoms with Crippen LogP contribution in [0.3, 0.4) is 0 Å². The van der Waals surface area contributed by atoms with Crippen LogP contribution in [0.2, 0.25) is 0 Å². The van der Waals surface area contributed by atoms with Crippen molar-refractivity contribution in [2.24, 2.45) is 27.5 Å². The first kappa shape index (κ1) is 10.7. The molecule has 0 spiro atoms. The third kappa shape index (κ3) is 0.914. The molecule has 2 aliphatic carbocycles. The normalized spacial score (nSPS) is 53.8. The van der Waals surface area contributed by atoms with Gasteiger partial charge < -0.3 is 0 Å². The Bertz CT molecular complexity index is 317.